The predicted molar refractivity (Wildman–Crippen MR) is 126 cm³/mol. The SMILES string of the molecule is O=CCn1cc(-c2ccc3c(F)c(N4CC(=O)NS4(=O)=O)c(OCc4ccccc4)cc3c2)cn1. The standard InChI is InChI=1S/C24H19FN4O5S/c25-23-20-7-6-17(19-12-26-28(13-19)8-9-30)10-18(20)11-21(34-15-16-4-2-1-3-5-16)24(23)29-14-22(31)27-35(29,32)33/h1-7,9-13H,8,14-15H2,(H,27,31). The first-order chi connectivity index (χ1) is 16.9. The Balaban J connectivity index is 1.62. The number of nitrogens with one attached hydrogen (secondary N) is 1. The van der Waals surface area contributed by atoms with E-state index in [4.69, 9.17) is 4.74 Å². The van der Waals surface area contributed by atoms with E-state index in [2.05, 4.69) is 5.10 Å². The van der Waals surface area contributed by atoms with E-state index in [0.717, 1.165) is 23.0 Å². The number of carbonyl (C=O) groups excluding carboxylic acids is 2. The van der Waals surface area contributed by atoms with Gasteiger partial charge in [0.2, 0.25) is 0 Å². The molecule has 0 saturated carbocycles. The van der Waals surface area contributed by atoms with Gasteiger partial charge >= 0.3 is 10.2 Å². The number of nitrogens with zero attached hydrogens (tertiary/aromatic N) is 3. The monoisotopic (exact) mass is 494 g/mol. The van der Waals surface area contributed by atoms with Crippen molar-refractivity contribution in [2.45, 2.75) is 13.2 Å². The zero-order valence-corrected chi connectivity index (χ0v) is 19.0. The number of hydrogen-bond donors (Lipinski definition) is 1. The van der Waals surface area contributed by atoms with Crippen LogP contribution in [-0.4, -0.2) is 36.9 Å². The zero-order valence-electron chi connectivity index (χ0n) is 18.2. The maximum Gasteiger partial charge on any atom is 0.326 e. The fraction of sp³-hybridized carbons (Fsp3) is 0.125. The minimum Gasteiger partial charge on any atom is -0.487 e. The van der Waals surface area contributed by atoms with Crippen LogP contribution >= 0.6 is 0 Å². The van der Waals surface area contributed by atoms with E-state index < -0.39 is 28.5 Å². The fourth-order valence-corrected chi connectivity index (χ4v) is 5.08. The molecule has 0 bridgehead atoms. The molecule has 2 heterocycles. The third-order valence-corrected chi connectivity index (χ3v) is 6.93. The van der Waals surface area contributed by atoms with Crippen LogP contribution in [0.4, 0.5) is 10.1 Å². The van der Waals surface area contributed by atoms with Gasteiger partial charge in [0.1, 0.15) is 30.9 Å². The Labute approximate surface area is 199 Å². The molecule has 0 unspecified atom stereocenters. The smallest absolute Gasteiger partial charge is 0.326 e. The summed E-state index contributed by atoms with van der Waals surface area (Å²) in [4.78, 5) is 22.6. The summed E-state index contributed by atoms with van der Waals surface area (Å²) in [6.07, 6.45) is 4.02. The lowest BCUT2D eigenvalue weighted by Crippen LogP contribution is -2.30. The van der Waals surface area contributed by atoms with Crippen LogP contribution < -0.4 is 13.8 Å². The summed E-state index contributed by atoms with van der Waals surface area (Å²) in [7, 11) is -4.27. The Hall–Kier alpha value is -4.25. The Kier molecular flexibility index (Phi) is 5.69. The van der Waals surface area contributed by atoms with E-state index in [1.807, 2.05) is 35.1 Å². The Bertz CT molecular complexity index is 1550. The molecule has 1 saturated heterocycles. The van der Waals surface area contributed by atoms with E-state index in [-0.39, 0.29) is 30.0 Å². The minimum atomic E-state index is -4.27. The van der Waals surface area contributed by atoms with E-state index >= 15 is 4.39 Å². The third-order valence-electron chi connectivity index (χ3n) is 5.55. The zero-order chi connectivity index (χ0) is 24.6. The number of benzene rings is 3. The molecule has 5 rings (SSSR count). The molecule has 0 radical (unpaired) electrons. The predicted octanol–water partition coefficient (Wildman–Crippen LogP) is 2.80. The van der Waals surface area contributed by atoms with Crippen molar-refractivity contribution in [1.29, 1.82) is 0 Å². The number of halogens is 1. The molecule has 4 aromatic rings. The van der Waals surface area contributed by atoms with Gasteiger partial charge in [-0.05, 0) is 28.6 Å². The molecule has 1 fully saturated rings. The van der Waals surface area contributed by atoms with Gasteiger partial charge in [-0.25, -0.2) is 13.4 Å². The summed E-state index contributed by atoms with van der Waals surface area (Å²) < 4.78 is 50.8. The van der Waals surface area contributed by atoms with Crippen LogP contribution in [0.15, 0.2) is 67.0 Å². The Morgan fingerprint density at radius 3 is 2.63 bits per heavy atom. The van der Waals surface area contributed by atoms with Gasteiger partial charge in [-0.15, -0.1) is 0 Å². The van der Waals surface area contributed by atoms with Crippen molar-refractivity contribution in [3.8, 4) is 16.9 Å². The molecule has 11 heteroatoms. The molecule has 0 spiro atoms. The van der Waals surface area contributed by atoms with Gasteiger partial charge < -0.3 is 9.53 Å². The molecule has 1 aliphatic rings. The Morgan fingerprint density at radius 2 is 1.91 bits per heavy atom. The summed E-state index contributed by atoms with van der Waals surface area (Å²) in [5.41, 5.74) is 1.91. The number of ether oxygens (including phenoxy) is 1. The van der Waals surface area contributed by atoms with Gasteiger partial charge in [-0.2, -0.15) is 13.5 Å². The van der Waals surface area contributed by atoms with Crippen LogP contribution in [0.3, 0.4) is 0 Å². The number of aldehydes is 1. The third kappa shape index (κ3) is 4.33. The largest absolute Gasteiger partial charge is 0.487 e. The molecule has 1 N–H and O–H groups in total. The lowest BCUT2D eigenvalue weighted by molar-refractivity contribution is -0.117. The first-order valence-corrected chi connectivity index (χ1v) is 12.0. The first kappa shape index (κ1) is 22.5. The second-order valence-corrected chi connectivity index (χ2v) is 9.50. The van der Waals surface area contributed by atoms with Crippen LogP contribution in [0.25, 0.3) is 21.9 Å². The minimum absolute atomic E-state index is 0.0206. The molecule has 35 heavy (non-hydrogen) atoms. The maximum absolute atomic E-state index is 15.8. The molecule has 0 atom stereocenters. The molecule has 3 aromatic carbocycles. The highest BCUT2D eigenvalue weighted by atomic mass is 32.2. The normalized spacial score (nSPS) is 14.8. The lowest BCUT2D eigenvalue weighted by atomic mass is 10.0. The molecular weight excluding hydrogens is 475 g/mol. The van der Waals surface area contributed by atoms with E-state index in [1.54, 1.807) is 30.6 Å². The molecule has 0 aliphatic carbocycles. The van der Waals surface area contributed by atoms with Gasteiger partial charge in [-0.1, -0.05) is 42.5 Å². The molecule has 1 amide bonds. The number of aromatic nitrogens is 2. The van der Waals surface area contributed by atoms with Gasteiger partial charge in [0.15, 0.2) is 5.82 Å². The number of anilines is 1. The van der Waals surface area contributed by atoms with Crippen molar-refractivity contribution in [3.05, 3.63) is 78.4 Å². The van der Waals surface area contributed by atoms with Crippen molar-refractivity contribution in [3.63, 3.8) is 0 Å². The van der Waals surface area contributed by atoms with Gasteiger partial charge in [0, 0.05) is 17.1 Å². The van der Waals surface area contributed by atoms with Crippen molar-refractivity contribution in [1.82, 2.24) is 14.5 Å². The molecule has 178 valence electrons. The highest BCUT2D eigenvalue weighted by Gasteiger charge is 2.38. The van der Waals surface area contributed by atoms with E-state index in [1.165, 1.54) is 10.7 Å². The summed E-state index contributed by atoms with van der Waals surface area (Å²) >= 11 is 0. The van der Waals surface area contributed by atoms with Crippen LogP contribution in [0.1, 0.15) is 5.56 Å². The quantitative estimate of drug-likeness (QED) is 0.396. The van der Waals surface area contributed by atoms with E-state index in [0.29, 0.717) is 9.69 Å². The van der Waals surface area contributed by atoms with Gasteiger partial charge in [0.25, 0.3) is 5.91 Å². The van der Waals surface area contributed by atoms with Crippen molar-refractivity contribution < 1.29 is 27.1 Å². The van der Waals surface area contributed by atoms with Crippen LogP contribution in [0.5, 0.6) is 5.75 Å². The average Bonchev–Trinajstić information content (AvgIpc) is 3.41. The van der Waals surface area contributed by atoms with Crippen molar-refractivity contribution in [2.24, 2.45) is 0 Å². The lowest BCUT2D eigenvalue weighted by Gasteiger charge is -2.21. The maximum atomic E-state index is 15.8. The topological polar surface area (TPSA) is 111 Å². The van der Waals surface area contributed by atoms with Crippen LogP contribution in [0, 0.1) is 5.82 Å². The molecule has 1 aromatic heterocycles. The number of carbonyl (C=O) groups is 2. The highest BCUT2D eigenvalue weighted by Crippen LogP contribution is 2.40. The summed E-state index contributed by atoms with van der Waals surface area (Å²) in [5, 5.41) is 4.75. The second kappa shape index (κ2) is 8.84. The number of rotatable bonds is 7. The van der Waals surface area contributed by atoms with Gasteiger partial charge in [-0.3, -0.25) is 9.48 Å². The highest BCUT2D eigenvalue weighted by molar-refractivity contribution is 7.92. The summed E-state index contributed by atoms with van der Waals surface area (Å²) in [6, 6.07) is 15.6. The molecule has 1 aliphatic heterocycles. The van der Waals surface area contributed by atoms with E-state index in [9.17, 15) is 18.0 Å². The Morgan fingerprint density at radius 1 is 1.11 bits per heavy atom. The molecule has 9 nitrogen and oxygen atoms in total. The van der Waals surface area contributed by atoms with Crippen LogP contribution in [-0.2, 0) is 33.0 Å². The van der Waals surface area contributed by atoms with Crippen molar-refractivity contribution in [2.75, 3.05) is 10.8 Å². The first-order valence-electron chi connectivity index (χ1n) is 10.6. The fourth-order valence-electron chi connectivity index (χ4n) is 3.92. The number of fused-ring (bicyclic) bond motifs is 1. The summed E-state index contributed by atoms with van der Waals surface area (Å²) in [5.74, 6) is -1.61. The molecular formula is C24H19FN4O5S. The van der Waals surface area contributed by atoms with Crippen molar-refractivity contribution >= 4 is 38.9 Å². The second-order valence-electron chi connectivity index (χ2n) is 7.90. The number of amides is 1. The van der Waals surface area contributed by atoms with Crippen LogP contribution in [0.2, 0.25) is 0 Å². The average molecular weight is 495 g/mol. The summed E-state index contributed by atoms with van der Waals surface area (Å²) in [6.45, 7) is -0.382. The van der Waals surface area contributed by atoms with Gasteiger partial charge in [0.05, 0.1) is 12.7 Å². The number of hydrogen-bond acceptors (Lipinski definition) is 6.